The third-order valence-corrected chi connectivity index (χ3v) is 2.93. The van der Waals surface area contributed by atoms with Crippen LogP contribution >= 0.6 is 12.4 Å². The lowest BCUT2D eigenvalue weighted by Crippen LogP contribution is -2.46. The number of carbonyl (C=O) groups excluding carboxylic acids is 1. The van der Waals surface area contributed by atoms with Crippen LogP contribution in [0.5, 0.6) is 0 Å². The number of hydrogen-bond acceptors (Lipinski definition) is 3. The molecule has 18 heavy (non-hydrogen) atoms. The van der Waals surface area contributed by atoms with Gasteiger partial charge in [-0.25, -0.2) is 0 Å². The molecular formula is C12H18ClN3O2. The predicted octanol–water partition coefficient (Wildman–Crippen LogP) is 0.587. The molecule has 1 aromatic rings. The quantitative estimate of drug-likeness (QED) is 0.737. The van der Waals surface area contributed by atoms with Crippen LogP contribution < -0.4 is 16.1 Å². The summed E-state index contributed by atoms with van der Waals surface area (Å²) in [5.74, 6) is -0.292. The largest absolute Gasteiger partial charge is 0.364 e. The number of nitrogens with one attached hydrogen (secondary N) is 3. The van der Waals surface area contributed by atoms with Gasteiger partial charge in [0.2, 0.25) is 0 Å². The van der Waals surface area contributed by atoms with Crippen LogP contribution in [0.4, 0.5) is 0 Å². The molecule has 1 aliphatic rings. The number of pyridine rings is 1. The number of aromatic nitrogens is 1. The summed E-state index contributed by atoms with van der Waals surface area (Å²) in [6, 6.07) is 1.56. The zero-order valence-electron chi connectivity index (χ0n) is 10.3. The van der Waals surface area contributed by atoms with Crippen molar-refractivity contribution in [3.63, 3.8) is 0 Å². The Hall–Kier alpha value is -1.33. The summed E-state index contributed by atoms with van der Waals surface area (Å²) in [5.41, 5.74) is 0.703. The molecule has 1 aromatic heterocycles. The lowest BCUT2D eigenvalue weighted by molar-refractivity contribution is 0.0929. The van der Waals surface area contributed by atoms with Crippen LogP contribution in [0.1, 0.15) is 28.9 Å². The molecule has 1 fully saturated rings. The predicted molar refractivity (Wildman–Crippen MR) is 72.4 cm³/mol. The van der Waals surface area contributed by atoms with Gasteiger partial charge in [0.05, 0.1) is 0 Å². The zero-order valence-corrected chi connectivity index (χ0v) is 11.1. The van der Waals surface area contributed by atoms with Crippen LogP contribution in [0.3, 0.4) is 0 Å². The van der Waals surface area contributed by atoms with Crippen LogP contribution in [0.25, 0.3) is 0 Å². The Morgan fingerprint density at radius 3 is 2.89 bits per heavy atom. The van der Waals surface area contributed by atoms with Gasteiger partial charge in [-0.05, 0) is 26.3 Å². The van der Waals surface area contributed by atoms with Crippen LogP contribution in [0, 0.1) is 6.92 Å². The van der Waals surface area contributed by atoms with E-state index in [1.54, 1.807) is 6.92 Å². The summed E-state index contributed by atoms with van der Waals surface area (Å²) < 4.78 is 0. The van der Waals surface area contributed by atoms with E-state index in [1.165, 1.54) is 12.3 Å². The summed E-state index contributed by atoms with van der Waals surface area (Å²) >= 11 is 0. The molecule has 1 saturated heterocycles. The first kappa shape index (κ1) is 14.7. The number of amides is 1. The average molecular weight is 272 g/mol. The van der Waals surface area contributed by atoms with Gasteiger partial charge in [0.25, 0.3) is 5.91 Å². The van der Waals surface area contributed by atoms with Crippen molar-refractivity contribution >= 4 is 18.3 Å². The maximum atomic E-state index is 11.9. The fraction of sp³-hybridized carbons (Fsp3) is 0.500. The highest BCUT2D eigenvalue weighted by Gasteiger charge is 2.17. The van der Waals surface area contributed by atoms with E-state index in [4.69, 9.17) is 0 Å². The minimum atomic E-state index is -0.292. The molecule has 100 valence electrons. The SMILES string of the molecule is Cc1cc(=O)c(C(=O)N[C@H]2CCCNC2)c[nH]1.Cl. The van der Waals surface area contributed by atoms with Gasteiger partial charge in [-0.15, -0.1) is 12.4 Å². The lowest BCUT2D eigenvalue weighted by Gasteiger charge is -2.23. The van der Waals surface area contributed by atoms with Gasteiger partial charge in [-0.1, -0.05) is 0 Å². The number of piperidine rings is 1. The Morgan fingerprint density at radius 1 is 1.50 bits per heavy atom. The van der Waals surface area contributed by atoms with E-state index in [0.29, 0.717) is 0 Å². The molecule has 2 heterocycles. The first-order chi connectivity index (χ1) is 8.16. The molecule has 2 rings (SSSR count). The Bertz CT molecular complexity index is 467. The topological polar surface area (TPSA) is 74.0 Å². The standard InChI is InChI=1S/C12H17N3O2.ClH/c1-8-5-11(16)10(7-14-8)12(17)15-9-3-2-4-13-6-9;/h5,7,9,13H,2-4,6H2,1H3,(H,14,16)(H,15,17);1H/t9-;/m0./s1. The molecular weight excluding hydrogens is 254 g/mol. The van der Waals surface area contributed by atoms with Crippen molar-refractivity contribution in [2.45, 2.75) is 25.8 Å². The third-order valence-electron chi connectivity index (χ3n) is 2.93. The highest BCUT2D eigenvalue weighted by molar-refractivity contribution is 5.94. The second kappa shape index (κ2) is 6.56. The van der Waals surface area contributed by atoms with Gasteiger partial charge in [0.1, 0.15) is 5.56 Å². The van der Waals surface area contributed by atoms with Crippen LogP contribution in [-0.2, 0) is 0 Å². The third kappa shape index (κ3) is 3.58. The van der Waals surface area contributed by atoms with Crippen LogP contribution in [-0.4, -0.2) is 30.0 Å². The lowest BCUT2D eigenvalue weighted by atomic mass is 10.1. The molecule has 0 bridgehead atoms. The minimum Gasteiger partial charge on any atom is -0.364 e. The smallest absolute Gasteiger partial charge is 0.257 e. The number of carbonyl (C=O) groups is 1. The first-order valence-corrected chi connectivity index (χ1v) is 5.88. The summed E-state index contributed by atoms with van der Waals surface area (Å²) in [6.45, 7) is 3.56. The highest BCUT2D eigenvalue weighted by Crippen LogP contribution is 2.02. The number of H-pyrrole nitrogens is 1. The number of aryl methyl sites for hydroxylation is 1. The summed E-state index contributed by atoms with van der Waals surface area (Å²) in [6.07, 6.45) is 3.49. The molecule has 0 spiro atoms. The molecule has 0 aromatic carbocycles. The van der Waals surface area contributed by atoms with Crippen LogP contribution in [0.2, 0.25) is 0 Å². The van der Waals surface area contributed by atoms with E-state index in [2.05, 4.69) is 15.6 Å². The number of aromatic amines is 1. The maximum absolute atomic E-state index is 11.9. The maximum Gasteiger partial charge on any atom is 0.257 e. The van der Waals surface area contributed by atoms with Gasteiger partial charge >= 0.3 is 0 Å². The van der Waals surface area contributed by atoms with E-state index in [1.807, 2.05) is 0 Å². The molecule has 1 atom stereocenters. The number of halogens is 1. The Kier molecular flexibility index (Phi) is 5.37. The molecule has 1 amide bonds. The molecule has 0 saturated carbocycles. The first-order valence-electron chi connectivity index (χ1n) is 5.88. The monoisotopic (exact) mass is 271 g/mol. The summed E-state index contributed by atoms with van der Waals surface area (Å²) in [4.78, 5) is 26.4. The molecule has 5 nitrogen and oxygen atoms in total. The van der Waals surface area contributed by atoms with Crippen molar-refractivity contribution in [1.82, 2.24) is 15.6 Å². The van der Waals surface area contributed by atoms with E-state index in [0.717, 1.165) is 31.6 Å². The van der Waals surface area contributed by atoms with E-state index in [9.17, 15) is 9.59 Å². The van der Waals surface area contributed by atoms with Crippen LogP contribution in [0.15, 0.2) is 17.1 Å². The highest BCUT2D eigenvalue weighted by atomic mass is 35.5. The van der Waals surface area contributed by atoms with Crippen molar-refractivity contribution < 1.29 is 4.79 Å². The van der Waals surface area contributed by atoms with E-state index >= 15 is 0 Å². The second-order valence-electron chi connectivity index (χ2n) is 4.41. The van der Waals surface area contributed by atoms with Gasteiger partial charge in [-0.3, -0.25) is 9.59 Å². The number of rotatable bonds is 2. The van der Waals surface area contributed by atoms with Gasteiger partial charge < -0.3 is 15.6 Å². The van der Waals surface area contributed by atoms with E-state index < -0.39 is 0 Å². The molecule has 3 N–H and O–H groups in total. The number of hydrogen-bond donors (Lipinski definition) is 3. The van der Waals surface area contributed by atoms with Crippen molar-refractivity contribution in [3.05, 3.63) is 33.7 Å². The van der Waals surface area contributed by atoms with E-state index in [-0.39, 0.29) is 35.3 Å². The minimum absolute atomic E-state index is 0. The van der Waals surface area contributed by atoms with Crippen molar-refractivity contribution in [2.75, 3.05) is 13.1 Å². The molecule has 0 radical (unpaired) electrons. The van der Waals surface area contributed by atoms with Gasteiger partial charge in [0.15, 0.2) is 5.43 Å². The normalized spacial score (nSPS) is 18.8. The summed E-state index contributed by atoms with van der Waals surface area (Å²) in [5, 5.41) is 6.09. The average Bonchev–Trinajstić information content (AvgIpc) is 2.30. The fourth-order valence-corrected chi connectivity index (χ4v) is 1.99. The second-order valence-corrected chi connectivity index (χ2v) is 4.41. The van der Waals surface area contributed by atoms with Crippen molar-refractivity contribution in [3.8, 4) is 0 Å². The molecule has 1 aliphatic heterocycles. The van der Waals surface area contributed by atoms with Crippen molar-refractivity contribution in [2.24, 2.45) is 0 Å². The Morgan fingerprint density at radius 2 is 2.28 bits per heavy atom. The van der Waals surface area contributed by atoms with Gasteiger partial charge in [-0.2, -0.15) is 0 Å². The molecule has 0 aliphatic carbocycles. The fourth-order valence-electron chi connectivity index (χ4n) is 1.99. The van der Waals surface area contributed by atoms with Gasteiger partial charge in [0, 0.05) is 30.5 Å². The summed E-state index contributed by atoms with van der Waals surface area (Å²) in [7, 11) is 0. The molecule has 0 unspecified atom stereocenters. The zero-order chi connectivity index (χ0) is 12.3. The molecule has 6 heteroatoms. The van der Waals surface area contributed by atoms with Crippen molar-refractivity contribution in [1.29, 1.82) is 0 Å². The Balaban J connectivity index is 0.00000162. The Labute approximate surface area is 112 Å².